The van der Waals surface area contributed by atoms with Gasteiger partial charge in [-0.15, -0.1) is 5.10 Å². The summed E-state index contributed by atoms with van der Waals surface area (Å²) in [4.78, 5) is 1.32. The predicted molar refractivity (Wildman–Crippen MR) is 119 cm³/mol. The second-order valence-corrected chi connectivity index (χ2v) is 8.03. The number of nitrogens with one attached hydrogen (secondary N) is 1. The number of rotatable bonds is 6. The number of hydrogen-bond donors (Lipinski definition) is 1. The Morgan fingerprint density at radius 2 is 1.60 bits per heavy atom. The summed E-state index contributed by atoms with van der Waals surface area (Å²) < 4.78 is 1.89. The summed E-state index contributed by atoms with van der Waals surface area (Å²) in [5.41, 5.74) is 7.30. The largest absolute Gasteiger partial charge is 0.321 e. The molecule has 2 atom stereocenters. The van der Waals surface area contributed by atoms with Crippen molar-refractivity contribution in [2.45, 2.75) is 33.4 Å². The Labute approximate surface area is 178 Å². The van der Waals surface area contributed by atoms with Crippen molar-refractivity contribution in [2.75, 3.05) is 7.05 Å². The summed E-state index contributed by atoms with van der Waals surface area (Å²) in [5.74, 6) is 0.845. The number of nitrogens with zero attached hydrogens (tertiary/aromatic N) is 4. The Balaban J connectivity index is 1.77. The molecule has 0 radical (unpaired) electrons. The molecule has 1 unspecified atom stereocenters. The fourth-order valence-electron chi connectivity index (χ4n) is 4.09. The molecule has 0 aliphatic heterocycles. The van der Waals surface area contributed by atoms with Gasteiger partial charge < -0.3 is 4.90 Å². The van der Waals surface area contributed by atoms with E-state index in [0.717, 1.165) is 23.6 Å². The number of para-hydroxylation sites is 1. The molecule has 1 heterocycles. The van der Waals surface area contributed by atoms with Gasteiger partial charge in [-0.05, 0) is 48.4 Å². The maximum absolute atomic E-state index is 4.49. The van der Waals surface area contributed by atoms with Gasteiger partial charge in [-0.3, -0.25) is 0 Å². The molecule has 4 aromatic rings. The minimum Gasteiger partial charge on any atom is -0.321 e. The normalized spacial score (nSPS) is 13.2. The second-order valence-electron chi connectivity index (χ2n) is 8.03. The van der Waals surface area contributed by atoms with Crippen LogP contribution in [0.4, 0.5) is 0 Å². The number of benzene rings is 3. The van der Waals surface area contributed by atoms with Gasteiger partial charge in [0, 0.05) is 11.1 Å². The molecule has 0 amide bonds. The zero-order chi connectivity index (χ0) is 21.1. The van der Waals surface area contributed by atoms with E-state index in [-0.39, 0.29) is 6.04 Å². The molecular formula is C25H28N5+. The fraction of sp³-hybridized carbons (Fsp3) is 0.240. The van der Waals surface area contributed by atoms with Crippen LogP contribution < -0.4 is 4.90 Å². The first-order valence-corrected chi connectivity index (χ1v) is 10.3. The van der Waals surface area contributed by atoms with Gasteiger partial charge in [0.1, 0.15) is 6.54 Å². The Hall–Kier alpha value is -3.31. The first kappa shape index (κ1) is 20.0. The third kappa shape index (κ3) is 4.02. The first-order chi connectivity index (χ1) is 14.5. The monoisotopic (exact) mass is 398 g/mol. The van der Waals surface area contributed by atoms with Gasteiger partial charge >= 0.3 is 0 Å². The van der Waals surface area contributed by atoms with Crippen LogP contribution in [0.3, 0.4) is 0 Å². The Bertz CT molecular complexity index is 1130. The Kier molecular flexibility index (Phi) is 5.72. The van der Waals surface area contributed by atoms with E-state index in [1.807, 2.05) is 22.9 Å². The van der Waals surface area contributed by atoms with E-state index in [0.29, 0.717) is 0 Å². The maximum atomic E-state index is 4.49. The van der Waals surface area contributed by atoms with Crippen LogP contribution in [0.15, 0.2) is 72.8 Å². The average molecular weight is 399 g/mol. The van der Waals surface area contributed by atoms with Gasteiger partial charge in [0.05, 0.1) is 12.7 Å². The van der Waals surface area contributed by atoms with Crippen molar-refractivity contribution in [3.8, 4) is 5.69 Å². The molecule has 5 nitrogen and oxygen atoms in total. The van der Waals surface area contributed by atoms with Crippen LogP contribution in [0.5, 0.6) is 0 Å². The van der Waals surface area contributed by atoms with Gasteiger partial charge in [-0.25, -0.2) is 0 Å². The van der Waals surface area contributed by atoms with E-state index in [1.165, 1.54) is 27.2 Å². The third-order valence-electron chi connectivity index (χ3n) is 5.69. The highest BCUT2D eigenvalue weighted by molar-refractivity contribution is 5.40. The summed E-state index contributed by atoms with van der Waals surface area (Å²) >= 11 is 0. The number of hydrogen-bond acceptors (Lipinski definition) is 3. The second kappa shape index (κ2) is 8.59. The summed E-state index contributed by atoms with van der Waals surface area (Å²) in [7, 11) is 2.22. The lowest BCUT2D eigenvalue weighted by Gasteiger charge is -2.25. The molecule has 0 saturated carbocycles. The van der Waals surface area contributed by atoms with Crippen LogP contribution in [0.1, 0.15) is 39.7 Å². The molecule has 0 fully saturated rings. The van der Waals surface area contributed by atoms with E-state index >= 15 is 0 Å². The molecule has 152 valence electrons. The van der Waals surface area contributed by atoms with Crippen LogP contribution in [-0.2, 0) is 6.54 Å². The zero-order valence-electron chi connectivity index (χ0n) is 18.0. The maximum Gasteiger partial charge on any atom is 0.218 e. The van der Waals surface area contributed by atoms with Crippen LogP contribution in [0, 0.1) is 20.8 Å². The summed E-state index contributed by atoms with van der Waals surface area (Å²) in [6, 6.07) is 25.4. The number of tetrazole rings is 1. The predicted octanol–water partition coefficient (Wildman–Crippen LogP) is 3.39. The summed E-state index contributed by atoms with van der Waals surface area (Å²) in [6.07, 6.45) is 0. The molecule has 0 aliphatic carbocycles. The molecule has 0 aliphatic rings. The van der Waals surface area contributed by atoms with Gasteiger partial charge in [-0.2, -0.15) is 4.68 Å². The van der Waals surface area contributed by atoms with Gasteiger partial charge in [0.15, 0.2) is 6.04 Å². The molecule has 5 heteroatoms. The molecule has 3 aromatic carbocycles. The molecular weight excluding hydrogens is 370 g/mol. The molecule has 1 aromatic heterocycles. The highest BCUT2D eigenvalue weighted by Crippen LogP contribution is 2.21. The fourth-order valence-corrected chi connectivity index (χ4v) is 4.09. The van der Waals surface area contributed by atoms with Crippen molar-refractivity contribution in [2.24, 2.45) is 0 Å². The first-order valence-electron chi connectivity index (χ1n) is 10.3. The number of aryl methyl sites for hydroxylation is 3. The topological polar surface area (TPSA) is 48.0 Å². The molecule has 0 bridgehead atoms. The van der Waals surface area contributed by atoms with Crippen molar-refractivity contribution >= 4 is 0 Å². The molecule has 30 heavy (non-hydrogen) atoms. The zero-order valence-corrected chi connectivity index (χ0v) is 18.0. The standard InChI is InChI=1S/C25H27N5/c1-18-14-15-22(20(3)16-18)17-29(4)24(21-11-6-5-7-12-21)25-26-27-28-30(25)23-13-9-8-10-19(23)2/h5-16,24H,17H2,1-4H3/p+1/t24-/m1/s1. The number of aromatic nitrogens is 4. The average Bonchev–Trinajstić information content (AvgIpc) is 3.20. The van der Waals surface area contributed by atoms with Crippen molar-refractivity contribution < 1.29 is 4.90 Å². The number of quaternary nitrogens is 1. The van der Waals surface area contributed by atoms with Crippen molar-refractivity contribution in [3.05, 3.63) is 106 Å². The van der Waals surface area contributed by atoms with Gasteiger partial charge in [-0.1, -0.05) is 72.3 Å². The molecule has 1 N–H and O–H groups in total. The summed E-state index contributed by atoms with van der Waals surface area (Å²) in [5, 5.41) is 12.9. The lowest BCUT2D eigenvalue weighted by atomic mass is 10.0. The molecule has 0 spiro atoms. The Morgan fingerprint density at radius 3 is 2.33 bits per heavy atom. The van der Waals surface area contributed by atoms with Crippen molar-refractivity contribution in [1.82, 2.24) is 20.2 Å². The summed E-state index contributed by atoms with van der Waals surface area (Å²) in [6.45, 7) is 7.29. The van der Waals surface area contributed by atoms with Crippen LogP contribution in [0.25, 0.3) is 5.69 Å². The van der Waals surface area contributed by atoms with E-state index in [1.54, 1.807) is 0 Å². The van der Waals surface area contributed by atoms with Crippen molar-refractivity contribution in [3.63, 3.8) is 0 Å². The van der Waals surface area contributed by atoms with Crippen molar-refractivity contribution in [1.29, 1.82) is 0 Å². The van der Waals surface area contributed by atoms with Gasteiger partial charge in [0.2, 0.25) is 5.82 Å². The molecule has 4 rings (SSSR count). The SMILES string of the molecule is Cc1ccc(C[NH+](C)[C@H](c2ccccc2)c2nnnn2-c2ccccc2C)c(C)c1. The van der Waals surface area contributed by atoms with Crippen LogP contribution in [-0.4, -0.2) is 27.3 Å². The lowest BCUT2D eigenvalue weighted by Crippen LogP contribution is -3.08. The third-order valence-corrected chi connectivity index (χ3v) is 5.69. The lowest BCUT2D eigenvalue weighted by molar-refractivity contribution is -0.920. The van der Waals surface area contributed by atoms with E-state index < -0.39 is 0 Å². The van der Waals surface area contributed by atoms with E-state index in [4.69, 9.17) is 0 Å². The highest BCUT2D eigenvalue weighted by Gasteiger charge is 2.30. The Morgan fingerprint density at radius 1 is 0.867 bits per heavy atom. The minimum atomic E-state index is 0.00140. The van der Waals surface area contributed by atoms with E-state index in [9.17, 15) is 0 Å². The quantitative estimate of drug-likeness (QED) is 0.542. The van der Waals surface area contributed by atoms with Crippen LogP contribution in [0.2, 0.25) is 0 Å². The van der Waals surface area contributed by atoms with Gasteiger partial charge in [0.25, 0.3) is 0 Å². The minimum absolute atomic E-state index is 0.00140. The van der Waals surface area contributed by atoms with Crippen LogP contribution >= 0.6 is 0 Å². The highest BCUT2D eigenvalue weighted by atomic mass is 15.6. The smallest absolute Gasteiger partial charge is 0.218 e. The molecule has 0 saturated heterocycles. The van der Waals surface area contributed by atoms with E-state index in [2.05, 4.69) is 97.9 Å².